The molecule has 35 heavy (non-hydrogen) atoms. The lowest BCUT2D eigenvalue weighted by molar-refractivity contribution is 0.277. The molecule has 1 aromatic carbocycles. The Hall–Kier alpha value is -1.89. The molecule has 3 aliphatic rings. The van der Waals surface area contributed by atoms with E-state index in [9.17, 15) is 0 Å². The molecule has 0 amide bonds. The first-order valence-electron chi connectivity index (χ1n) is 15.0. The van der Waals surface area contributed by atoms with Gasteiger partial charge < -0.3 is 4.90 Å². The predicted octanol–water partition coefficient (Wildman–Crippen LogP) is 9.09. The molecule has 0 spiro atoms. The number of nitrogens with zero attached hydrogens (tertiary/aromatic N) is 2. The van der Waals surface area contributed by atoms with Crippen LogP contribution in [0.5, 0.6) is 0 Å². The zero-order chi connectivity index (χ0) is 24.1. The number of para-hydroxylation sites is 1. The maximum atomic E-state index is 3.55. The molecule has 0 bridgehead atoms. The van der Waals surface area contributed by atoms with Crippen molar-refractivity contribution in [3.63, 3.8) is 0 Å². The van der Waals surface area contributed by atoms with Gasteiger partial charge in [-0.2, -0.15) is 0 Å². The molecular weight excluding hydrogens is 424 g/mol. The summed E-state index contributed by atoms with van der Waals surface area (Å²) >= 11 is 0. The summed E-state index contributed by atoms with van der Waals surface area (Å²) in [6.45, 7) is 5.83. The van der Waals surface area contributed by atoms with Crippen LogP contribution in [0.2, 0.25) is 0 Å². The topological polar surface area (TPSA) is 6.48 Å². The summed E-state index contributed by atoms with van der Waals surface area (Å²) in [7, 11) is 0. The summed E-state index contributed by atoms with van der Waals surface area (Å²) in [5, 5.41) is 0. The Bertz CT molecular complexity index is 848. The summed E-state index contributed by atoms with van der Waals surface area (Å²) in [6.07, 6.45) is 33.4. The lowest BCUT2D eigenvalue weighted by atomic mass is 9.87. The van der Waals surface area contributed by atoms with Gasteiger partial charge in [-0.3, -0.25) is 4.90 Å². The first-order valence-corrected chi connectivity index (χ1v) is 15.0. The molecule has 1 unspecified atom stereocenters. The van der Waals surface area contributed by atoms with Crippen molar-refractivity contribution in [1.82, 2.24) is 4.90 Å². The third-order valence-corrected chi connectivity index (χ3v) is 8.22. The van der Waals surface area contributed by atoms with Crippen LogP contribution in [0, 0.1) is 6.08 Å². The van der Waals surface area contributed by atoms with Crippen molar-refractivity contribution in [2.45, 2.75) is 116 Å². The van der Waals surface area contributed by atoms with E-state index in [4.69, 9.17) is 0 Å². The summed E-state index contributed by atoms with van der Waals surface area (Å²) in [5.74, 6) is 0. The van der Waals surface area contributed by atoms with Gasteiger partial charge in [0.2, 0.25) is 0 Å². The molecule has 0 saturated carbocycles. The highest BCUT2D eigenvalue weighted by molar-refractivity contribution is 5.91. The van der Waals surface area contributed by atoms with Gasteiger partial charge in [0.25, 0.3) is 0 Å². The molecule has 1 aromatic rings. The van der Waals surface area contributed by atoms with Gasteiger partial charge in [0.15, 0.2) is 5.57 Å². The van der Waals surface area contributed by atoms with Crippen LogP contribution < -0.4 is 4.90 Å². The van der Waals surface area contributed by atoms with Crippen LogP contribution >= 0.6 is 0 Å². The zero-order valence-corrected chi connectivity index (χ0v) is 22.4. The van der Waals surface area contributed by atoms with Gasteiger partial charge >= 0.3 is 0 Å². The fourth-order valence-electron chi connectivity index (χ4n) is 6.23. The van der Waals surface area contributed by atoms with Crippen LogP contribution in [0.15, 0.2) is 48.1 Å². The SMILES string of the molecule is CCCCCCCCCCCCCCCCCCN1CCN2c3ccccc3C3=[C+]C=CC=C3C12. The van der Waals surface area contributed by atoms with E-state index >= 15 is 0 Å². The van der Waals surface area contributed by atoms with Crippen molar-refractivity contribution in [3.05, 3.63) is 59.7 Å². The molecule has 4 rings (SSSR count). The van der Waals surface area contributed by atoms with Crippen LogP contribution in [0.25, 0.3) is 5.57 Å². The molecule has 1 aliphatic carbocycles. The largest absolute Gasteiger partial charge is 0.334 e. The van der Waals surface area contributed by atoms with Crippen LogP contribution in [-0.4, -0.2) is 30.7 Å². The van der Waals surface area contributed by atoms with E-state index < -0.39 is 0 Å². The molecule has 0 aromatic heterocycles. The van der Waals surface area contributed by atoms with E-state index in [1.54, 1.807) is 0 Å². The normalized spacial score (nSPS) is 18.5. The third kappa shape index (κ3) is 7.31. The van der Waals surface area contributed by atoms with Crippen LogP contribution in [0.4, 0.5) is 5.69 Å². The monoisotopic (exact) mass is 473 g/mol. The number of hydrogen-bond donors (Lipinski definition) is 0. The van der Waals surface area contributed by atoms with E-state index in [0.717, 1.165) is 6.54 Å². The zero-order valence-electron chi connectivity index (χ0n) is 22.4. The Morgan fingerprint density at radius 3 is 2.00 bits per heavy atom. The summed E-state index contributed by atoms with van der Waals surface area (Å²) in [4.78, 5) is 5.34. The van der Waals surface area contributed by atoms with Gasteiger partial charge in [-0.15, -0.1) is 0 Å². The quantitative estimate of drug-likeness (QED) is 0.164. The Balaban J connectivity index is 1.06. The smallest absolute Gasteiger partial charge is 0.163 e. The molecule has 0 N–H and O–H groups in total. The molecule has 1 fully saturated rings. The van der Waals surface area contributed by atoms with Crippen molar-refractivity contribution in [1.29, 1.82) is 0 Å². The lowest BCUT2D eigenvalue weighted by Gasteiger charge is -2.35. The van der Waals surface area contributed by atoms with Gasteiger partial charge in [0, 0.05) is 37.9 Å². The average molecular weight is 474 g/mol. The standard InChI is InChI=1S/C33H49N2/c1-2-3-4-5-6-7-8-9-10-11-12-13-14-15-16-21-26-34-27-28-35-32-25-20-19-23-30(32)29-22-17-18-24-31(29)33(34)35/h17-20,23-25,33H,2-16,21,26-28H2,1H3/q+1. The molecule has 190 valence electrons. The minimum Gasteiger partial charge on any atom is -0.334 e. The van der Waals surface area contributed by atoms with Gasteiger partial charge in [-0.1, -0.05) is 115 Å². The second-order valence-electron chi connectivity index (χ2n) is 10.9. The summed E-state index contributed by atoms with van der Waals surface area (Å²) in [5.41, 5.74) is 5.49. The first kappa shape index (κ1) is 26.2. The van der Waals surface area contributed by atoms with Crippen molar-refractivity contribution in [2.24, 2.45) is 0 Å². The molecule has 2 heteroatoms. The maximum absolute atomic E-state index is 3.55. The van der Waals surface area contributed by atoms with Crippen molar-refractivity contribution in [2.75, 3.05) is 24.5 Å². The van der Waals surface area contributed by atoms with Gasteiger partial charge in [-0.05, 0) is 18.6 Å². The van der Waals surface area contributed by atoms with Gasteiger partial charge in [0.1, 0.15) is 6.17 Å². The van der Waals surface area contributed by atoms with E-state index in [-0.39, 0.29) is 0 Å². The van der Waals surface area contributed by atoms with E-state index in [0.29, 0.717) is 6.17 Å². The predicted molar refractivity (Wildman–Crippen MR) is 153 cm³/mol. The Kier molecular flexibility index (Phi) is 10.9. The van der Waals surface area contributed by atoms with Crippen LogP contribution in [0.3, 0.4) is 0 Å². The highest BCUT2D eigenvalue weighted by Gasteiger charge is 2.45. The van der Waals surface area contributed by atoms with Crippen molar-refractivity contribution >= 4 is 11.3 Å². The van der Waals surface area contributed by atoms with E-state index in [1.807, 2.05) is 0 Å². The fraction of sp³-hybridized carbons (Fsp3) is 0.636. The lowest BCUT2D eigenvalue weighted by Crippen LogP contribution is -2.44. The van der Waals surface area contributed by atoms with Crippen molar-refractivity contribution < 1.29 is 0 Å². The van der Waals surface area contributed by atoms with Crippen LogP contribution in [0.1, 0.15) is 115 Å². The Morgan fingerprint density at radius 1 is 0.743 bits per heavy atom. The molecular formula is C33H49N2+. The average Bonchev–Trinajstić information content (AvgIpc) is 3.33. The highest BCUT2D eigenvalue weighted by Crippen LogP contribution is 2.44. The number of hydrogen-bond acceptors (Lipinski definition) is 2. The summed E-state index contributed by atoms with van der Waals surface area (Å²) in [6, 6.07) is 8.90. The molecule has 1 saturated heterocycles. The second-order valence-corrected chi connectivity index (χ2v) is 10.9. The molecule has 2 nitrogen and oxygen atoms in total. The molecule has 0 radical (unpaired) electrons. The number of rotatable bonds is 17. The second kappa shape index (κ2) is 14.6. The Morgan fingerprint density at radius 2 is 1.34 bits per heavy atom. The van der Waals surface area contributed by atoms with Crippen molar-refractivity contribution in [3.8, 4) is 0 Å². The van der Waals surface area contributed by atoms with Gasteiger partial charge in [-0.25, -0.2) is 0 Å². The number of allylic oxidation sites excluding steroid dienone is 4. The third-order valence-electron chi connectivity index (χ3n) is 8.22. The molecule has 1 atom stereocenters. The van der Waals surface area contributed by atoms with E-state index in [1.165, 1.54) is 138 Å². The number of benzene rings is 1. The minimum atomic E-state index is 0.397. The minimum absolute atomic E-state index is 0.397. The maximum Gasteiger partial charge on any atom is 0.163 e. The molecule has 2 aliphatic heterocycles. The molecule has 2 heterocycles. The fourth-order valence-corrected chi connectivity index (χ4v) is 6.23. The van der Waals surface area contributed by atoms with E-state index in [2.05, 4.69) is 65.3 Å². The number of fused-ring (bicyclic) bond motifs is 6. The summed E-state index contributed by atoms with van der Waals surface area (Å²) < 4.78 is 0. The van der Waals surface area contributed by atoms with Crippen LogP contribution in [-0.2, 0) is 0 Å². The Labute approximate surface area is 216 Å². The number of unbranched alkanes of at least 4 members (excludes halogenated alkanes) is 15. The number of anilines is 1. The first-order chi connectivity index (χ1) is 17.4. The van der Waals surface area contributed by atoms with Gasteiger partial charge in [0.05, 0.1) is 22.9 Å². The highest BCUT2D eigenvalue weighted by atomic mass is 15.4.